The standard InChI is InChI=1S/C17H24N4OS/c1-4-8-13(2)18-16(22)12-23-17-20-19-14(3)21(17)11-15-9-6-5-7-10-15/h5-7,9-10,13H,4,8,11-12H2,1-3H3,(H,18,22). The van der Waals surface area contributed by atoms with Crippen molar-refractivity contribution >= 4 is 17.7 Å². The first kappa shape index (κ1) is 17.5. The highest BCUT2D eigenvalue weighted by Crippen LogP contribution is 2.18. The van der Waals surface area contributed by atoms with Gasteiger partial charge in [-0.05, 0) is 25.8 Å². The molecule has 2 aromatic rings. The Kier molecular flexibility index (Phi) is 6.65. The average molecular weight is 332 g/mol. The molecule has 0 radical (unpaired) electrons. The zero-order chi connectivity index (χ0) is 16.7. The molecule has 0 bridgehead atoms. The van der Waals surface area contributed by atoms with Crippen LogP contribution in [0.15, 0.2) is 35.5 Å². The number of hydrogen-bond donors (Lipinski definition) is 1. The molecule has 6 heteroatoms. The van der Waals surface area contributed by atoms with E-state index in [0.717, 1.165) is 30.4 Å². The van der Waals surface area contributed by atoms with E-state index in [2.05, 4.69) is 34.6 Å². The molecule has 0 aliphatic heterocycles. The maximum Gasteiger partial charge on any atom is 0.230 e. The summed E-state index contributed by atoms with van der Waals surface area (Å²) >= 11 is 1.43. The molecule has 1 atom stereocenters. The molecule has 1 unspecified atom stereocenters. The number of carbonyl (C=O) groups is 1. The summed E-state index contributed by atoms with van der Waals surface area (Å²) in [5, 5.41) is 12.1. The molecule has 1 aromatic heterocycles. The molecule has 5 nitrogen and oxygen atoms in total. The summed E-state index contributed by atoms with van der Waals surface area (Å²) in [4.78, 5) is 12.0. The largest absolute Gasteiger partial charge is 0.353 e. The van der Waals surface area contributed by atoms with Gasteiger partial charge in [0.05, 0.1) is 12.3 Å². The summed E-state index contributed by atoms with van der Waals surface area (Å²) in [6, 6.07) is 10.4. The van der Waals surface area contributed by atoms with Crippen molar-refractivity contribution in [2.24, 2.45) is 0 Å². The van der Waals surface area contributed by atoms with E-state index < -0.39 is 0 Å². The second kappa shape index (κ2) is 8.72. The fraction of sp³-hybridized carbons (Fsp3) is 0.471. The average Bonchev–Trinajstić information content (AvgIpc) is 2.87. The molecule has 1 aromatic carbocycles. The first-order chi connectivity index (χ1) is 11.1. The number of benzene rings is 1. The van der Waals surface area contributed by atoms with Crippen LogP contribution >= 0.6 is 11.8 Å². The van der Waals surface area contributed by atoms with Crippen LogP contribution in [0.5, 0.6) is 0 Å². The molecule has 124 valence electrons. The van der Waals surface area contributed by atoms with E-state index in [4.69, 9.17) is 0 Å². The van der Waals surface area contributed by atoms with Crippen molar-refractivity contribution in [1.29, 1.82) is 0 Å². The van der Waals surface area contributed by atoms with E-state index in [9.17, 15) is 4.79 Å². The number of hydrogen-bond acceptors (Lipinski definition) is 4. The number of aryl methyl sites for hydroxylation is 1. The molecule has 1 amide bonds. The molecular weight excluding hydrogens is 308 g/mol. The molecule has 0 spiro atoms. The Morgan fingerprint density at radius 1 is 1.30 bits per heavy atom. The van der Waals surface area contributed by atoms with Crippen molar-refractivity contribution in [1.82, 2.24) is 20.1 Å². The van der Waals surface area contributed by atoms with Gasteiger partial charge in [0.15, 0.2) is 5.16 Å². The monoisotopic (exact) mass is 332 g/mol. The number of thioether (sulfide) groups is 1. The Morgan fingerprint density at radius 2 is 2.04 bits per heavy atom. The van der Waals surface area contributed by atoms with Gasteiger partial charge in [0.25, 0.3) is 0 Å². The van der Waals surface area contributed by atoms with Gasteiger partial charge in [0, 0.05) is 6.04 Å². The molecular formula is C17H24N4OS. The zero-order valence-corrected chi connectivity index (χ0v) is 14.8. The Morgan fingerprint density at radius 3 is 2.74 bits per heavy atom. The normalized spacial score (nSPS) is 12.1. The van der Waals surface area contributed by atoms with Gasteiger partial charge >= 0.3 is 0 Å². The Hall–Kier alpha value is -1.82. The van der Waals surface area contributed by atoms with E-state index in [1.54, 1.807) is 0 Å². The van der Waals surface area contributed by atoms with Crippen molar-refractivity contribution in [2.45, 2.75) is 51.4 Å². The molecule has 0 saturated heterocycles. The maximum absolute atomic E-state index is 12.0. The second-order valence-corrected chi connectivity index (χ2v) is 6.59. The smallest absolute Gasteiger partial charge is 0.230 e. The van der Waals surface area contributed by atoms with E-state index in [-0.39, 0.29) is 11.9 Å². The predicted molar refractivity (Wildman–Crippen MR) is 93.5 cm³/mol. The number of nitrogens with one attached hydrogen (secondary N) is 1. The van der Waals surface area contributed by atoms with Gasteiger partial charge in [-0.25, -0.2) is 0 Å². The van der Waals surface area contributed by atoms with Gasteiger partial charge < -0.3 is 9.88 Å². The fourth-order valence-corrected chi connectivity index (χ4v) is 3.16. The van der Waals surface area contributed by atoms with Gasteiger partial charge in [0.2, 0.25) is 5.91 Å². The number of carbonyl (C=O) groups excluding carboxylic acids is 1. The van der Waals surface area contributed by atoms with E-state index in [1.807, 2.05) is 36.6 Å². The summed E-state index contributed by atoms with van der Waals surface area (Å²) < 4.78 is 2.04. The van der Waals surface area contributed by atoms with Crippen molar-refractivity contribution in [2.75, 3.05) is 5.75 Å². The molecule has 2 rings (SSSR count). The van der Waals surface area contributed by atoms with Gasteiger partial charge in [-0.15, -0.1) is 10.2 Å². The van der Waals surface area contributed by atoms with Gasteiger partial charge in [0.1, 0.15) is 5.82 Å². The lowest BCUT2D eigenvalue weighted by Crippen LogP contribution is -2.33. The van der Waals surface area contributed by atoms with Gasteiger partial charge in [-0.3, -0.25) is 4.79 Å². The minimum Gasteiger partial charge on any atom is -0.353 e. The summed E-state index contributed by atoms with van der Waals surface area (Å²) in [7, 11) is 0. The Labute approximate surface area is 141 Å². The number of nitrogens with zero attached hydrogens (tertiary/aromatic N) is 3. The van der Waals surface area contributed by atoms with Crippen LogP contribution in [-0.4, -0.2) is 32.5 Å². The van der Waals surface area contributed by atoms with Crippen LogP contribution in [0.25, 0.3) is 0 Å². The van der Waals surface area contributed by atoms with Gasteiger partial charge in [-0.1, -0.05) is 55.4 Å². The molecule has 1 heterocycles. The quantitative estimate of drug-likeness (QED) is 0.755. The second-order valence-electron chi connectivity index (χ2n) is 5.65. The summed E-state index contributed by atoms with van der Waals surface area (Å²) in [5.41, 5.74) is 1.19. The van der Waals surface area contributed by atoms with Crippen LogP contribution in [-0.2, 0) is 11.3 Å². The topological polar surface area (TPSA) is 59.8 Å². The highest BCUT2D eigenvalue weighted by Gasteiger charge is 2.13. The third-order valence-corrected chi connectivity index (χ3v) is 4.51. The van der Waals surface area contributed by atoms with Crippen molar-refractivity contribution in [3.05, 3.63) is 41.7 Å². The van der Waals surface area contributed by atoms with Crippen molar-refractivity contribution in [3.8, 4) is 0 Å². The summed E-state index contributed by atoms with van der Waals surface area (Å²) in [5.74, 6) is 1.26. The Bertz CT molecular complexity index is 627. The van der Waals surface area contributed by atoms with Crippen LogP contribution in [0.3, 0.4) is 0 Å². The van der Waals surface area contributed by atoms with Crippen molar-refractivity contribution in [3.63, 3.8) is 0 Å². The lowest BCUT2D eigenvalue weighted by molar-refractivity contribution is -0.119. The number of amides is 1. The van der Waals surface area contributed by atoms with Crippen LogP contribution in [0.1, 0.15) is 38.1 Å². The predicted octanol–water partition coefficient (Wildman–Crippen LogP) is 3.03. The molecule has 0 aliphatic rings. The molecule has 0 saturated carbocycles. The van der Waals surface area contributed by atoms with Crippen LogP contribution in [0.4, 0.5) is 0 Å². The molecule has 0 aliphatic carbocycles. The lowest BCUT2D eigenvalue weighted by Gasteiger charge is -2.12. The first-order valence-electron chi connectivity index (χ1n) is 7.96. The molecule has 1 N–H and O–H groups in total. The molecule has 23 heavy (non-hydrogen) atoms. The zero-order valence-electron chi connectivity index (χ0n) is 14.0. The lowest BCUT2D eigenvalue weighted by atomic mass is 10.2. The highest BCUT2D eigenvalue weighted by molar-refractivity contribution is 7.99. The van der Waals surface area contributed by atoms with Crippen LogP contribution < -0.4 is 5.32 Å². The highest BCUT2D eigenvalue weighted by atomic mass is 32.2. The van der Waals surface area contributed by atoms with E-state index >= 15 is 0 Å². The number of aromatic nitrogens is 3. The van der Waals surface area contributed by atoms with E-state index in [0.29, 0.717) is 5.75 Å². The van der Waals surface area contributed by atoms with Crippen molar-refractivity contribution < 1.29 is 4.79 Å². The Balaban J connectivity index is 1.94. The number of rotatable bonds is 8. The first-order valence-corrected chi connectivity index (χ1v) is 8.94. The minimum atomic E-state index is 0.0443. The van der Waals surface area contributed by atoms with Crippen LogP contribution in [0.2, 0.25) is 0 Å². The fourth-order valence-electron chi connectivity index (χ4n) is 2.37. The van der Waals surface area contributed by atoms with Crippen LogP contribution in [0, 0.1) is 6.92 Å². The third-order valence-electron chi connectivity index (χ3n) is 3.55. The van der Waals surface area contributed by atoms with Gasteiger partial charge in [-0.2, -0.15) is 0 Å². The van der Waals surface area contributed by atoms with E-state index in [1.165, 1.54) is 17.3 Å². The molecule has 0 fully saturated rings. The SMILES string of the molecule is CCCC(C)NC(=O)CSc1nnc(C)n1Cc1ccccc1. The summed E-state index contributed by atoms with van der Waals surface area (Å²) in [6.45, 7) is 6.81. The third kappa shape index (κ3) is 5.39. The summed E-state index contributed by atoms with van der Waals surface area (Å²) in [6.07, 6.45) is 2.07. The maximum atomic E-state index is 12.0. The minimum absolute atomic E-state index is 0.0443.